The number of rotatable bonds is 9. The molecule has 0 aromatic carbocycles. The van der Waals surface area contributed by atoms with Crippen molar-refractivity contribution < 1.29 is 14.6 Å². The van der Waals surface area contributed by atoms with Crippen LogP contribution in [0, 0.1) is 5.92 Å². The monoisotopic (exact) mass is 245 g/mol. The molecule has 0 aromatic heterocycles. The lowest BCUT2D eigenvalue weighted by Crippen LogP contribution is -2.40. The van der Waals surface area contributed by atoms with Crippen LogP contribution < -0.4 is 5.32 Å². The van der Waals surface area contributed by atoms with Gasteiger partial charge in [0.2, 0.25) is 0 Å². The highest BCUT2D eigenvalue weighted by Crippen LogP contribution is 2.16. The van der Waals surface area contributed by atoms with Gasteiger partial charge in [0.25, 0.3) is 0 Å². The van der Waals surface area contributed by atoms with Crippen molar-refractivity contribution in [3.63, 3.8) is 0 Å². The van der Waals surface area contributed by atoms with E-state index in [0.29, 0.717) is 25.1 Å². The molecule has 1 rings (SSSR count). The first-order chi connectivity index (χ1) is 8.24. The molecule has 1 saturated heterocycles. The molecule has 0 aliphatic carbocycles. The topological polar surface area (TPSA) is 50.7 Å². The van der Waals surface area contributed by atoms with E-state index in [4.69, 9.17) is 9.47 Å². The average Bonchev–Trinajstić information content (AvgIpc) is 2.85. The summed E-state index contributed by atoms with van der Waals surface area (Å²) in [5.74, 6) is 0.586. The highest BCUT2D eigenvalue weighted by Gasteiger charge is 2.22. The average molecular weight is 245 g/mol. The third-order valence-corrected chi connectivity index (χ3v) is 3.30. The molecule has 17 heavy (non-hydrogen) atoms. The summed E-state index contributed by atoms with van der Waals surface area (Å²) in [4.78, 5) is 0. The molecular weight excluding hydrogens is 218 g/mol. The van der Waals surface area contributed by atoms with Crippen molar-refractivity contribution in [2.75, 3.05) is 33.0 Å². The Balaban J connectivity index is 2.00. The van der Waals surface area contributed by atoms with Gasteiger partial charge in [0.05, 0.1) is 19.3 Å². The van der Waals surface area contributed by atoms with Crippen molar-refractivity contribution in [3.05, 3.63) is 0 Å². The van der Waals surface area contributed by atoms with Crippen molar-refractivity contribution in [1.82, 2.24) is 5.32 Å². The van der Waals surface area contributed by atoms with Crippen LogP contribution in [0.3, 0.4) is 0 Å². The lowest BCUT2D eigenvalue weighted by molar-refractivity contribution is 0.0337. The Kier molecular flexibility index (Phi) is 7.77. The van der Waals surface area contributed by atoms with E-state index in [9.17, 15) is 5.11 Å². The van der Waals surface area contributed by atoms with Gasteiger partial charge in [0, 0.05) is 25.8 Å². The maximum atomic E-state index is 9.72. The number of aliphatic hydroxyl groups excluding tert-OH is 1. The van der Waals surface area contributed by atoms with Gasteiger partial charge in [0.1, 0.15) is 0 Å². The van der Waals surface area contributed by atoms with Gasteiger partial charge in [-0.15, -0.1) is 0 Å². The van der Waals surface area contributed by atoms with Crippen molar-refractivity contribution in [2.24, 2.45) is 5.92 Å². The van der Waals surface area contributed by atoms with Gasteiger partial charge >= 0.3 is 0 Å². The second-order valence-corrected chi connectivity index (χ2v) is 4.90. The molecule has 4 heteroatoms. The van der Waals surface area contributed by atoms with Crippen LogP contribution in [-0.4, -0.2) is 50.2 Å². The molecule has 0 bridgehead atoms. The van der Waals surface area contributed by atoms with Crippen molar-refractivity contribution in [3.8, 4) is 0 Å². The summed E-state index contributed by atoms with van der Waals surface area (Å²) in [5, 5.41) is 13.1. The van der Waals surface area contributed by atoms with Crippen LogP contribution in [-0.2, 0) is 9.47 Å². The molecule has 3 unspecified atom stereocenters. The standard InChI is InChI=1S/C13H27NO3/c1-3-4-6-16-10-13(15)8-14-11(2)12-5-7-17-9-12/h11-15H,3-10H2,1-2H3. The normalized spacial score (nSPS) is 23.8. The number of hydrogen-bond donors (Lipinski definition) is 2. The first-order valence-electron chi connectivity index (χ1n) is 6.81. The van der Waals surface area contributed by atoms with Crippen LogP contribution in [0.25, 0.3) is 0 Å². The lowest BCUT2D eigenvalue weighted by atomic mass is 10.0. The second-order valence-electron chi connectivity index (χ2n) is 4.90. The fraction of sp³-hybridized carbons (Fsp3) is 1.00. The van der Waals surface area contributed by atoms with Gasteiger partial charge in [-0.3, -0.25) is 0 Å². The smallest absolute Gasteiger partial charge is 0.0897 e. The molecule has 0 aromatic rings. The second kappa shape index (κ2) is 8.86. The molecule has 4 nitrogen and oxygen atoms in total. The van der Waals surface area contributed by atoms with Crippen LogP contribution >= 0.6 is 0 Å². The van der Waals surface area contributed by atoms with E-state index >= 15 is 0 Å². The van der Waals surface area contributed by atoms with Crippen LogP contribution in [0.2, 0.25) is 0 Å². The Hall–Kier alpha value is -0.160. The molecular formula is C13H27NO3. The number of nitrogens with one attached hydrogen (secondary N) is 1. The molecule has 2 N–H and O–H groups in total. The minimum Gasteiger partial charge on any atom is -0.389 e. The number of aliphatic hydroxyl groups is 1. The van der Waals surface area contributed by atoms with Gasteiger partial charge < -0.3 is 19.9 Å². The lowest BCUT2D eigenvalue weighted by Gasteiger charge is -2.21. The summed E-state index contributed by atoms with van der Waals surface area (Å²) < 4.78 is 10.7. The molecule has 1 aliphatic heterocycles. The Morgan fingerprint density at radius 1 is 1.53 bits per heavy atom. The number of unbranched alkanes of at least 4 members (excludes halogenated alkanes) is 1. The van der Waals surface area contributed by atoms with Gasteiger partial charge in [-0.25, -0.2) is 0 Å². The highest BCUT2D eigenvalue weighted by atomic mass is 16.5. The predicted molar refractivity (Wildman–Crippen MR) is 68.1 cm³/mol. The van der Waals surface area contributed by atoms with Gasteiger partial charge in [-0.2, -0.15) is 0 Å². The first-order valence-corrected chi connectivity index (χ1v) is 6.81. The summed E-state index contributed by atoms with van der Waals surface area (Å²) in [5.41, 5.74) is 0. The van der Waals surface area contributed by atoms with E-state index in [1.165, 1.54) is 0 Å². The van der Waals surface area contributed by atoms with E-state index in [2.05, 4.69) is 19.2 Å². The third-order valence-electron chi connectivity index (χ3n) is 3.30. The van der Waals surface area contributed by atoms with Gasteiger partial charge in [-0.1, -0.05) is 13.3 Å². The summed E-state index contributed by atoms with van der Waals surface area (Å²) in [7, 11) is 0. The third kappa shape index (κ3) is 6.36. The zero-order valence-corrected chi connectivity index (χ0v) is 11.2. The SMILES string of the molecule is CCCCOCC(O)CNC(C)C1CCOC1. The zero-order chi connectivity index (χ0) is 12.5. The number of hydrogen-bond acceptors (Lipinski definition) is 4. The molecule has 1 heterocycles. The molecule has 3 atom stereocenters. The first kappa shape index (κ1) is 14.9. The Morgan fingerprint density at radius 2 is 2.35 bits per heavy atom. The minimum absolute atomic E-state index is 0.405. The van der Waals surface area contributed by atoms with E-state index in [0.717, 1.165) is 39.1 Å². The van der Waals surface area contributed by atoms with Crippen LogP contribution in [0.15, 0.2) is 0 Å². The largest absolute Gasteiger partial charge is 0.389 e. The Labute approximate surface area is 105 Å². The van der Waals surface area contributed by atoms with Crippen LogP contribution in [0.4, 0.5) is 0 Å². The molecule has 0 radical (unpaired) electrons. The van der Waals surface area contributed by atoms with Crippen LogP contribution in [0.1, 0.15) is 33.1 Å². The quantitative estimate of drug-likeness (QED) is 0.599. The summed E-state index contributed by atoms with van der Waals surface area (Å²) in [6.07, 6.45) is 2.91. The molecule has 102 valence electrons. The summed E-state index contributed by atoms with van der Waals surface area (Å²) in [6.45, 7) is 7.79. The fourth-order valence-electron chi connectivity index (χ4n) is 1.96. The molecule has 1 aliphatic rings. The van der Waals surface area contributed by atoms with E-state index in [1.54, 1.807) is 0 Å². The van der Waals surface area contributed by atoms with Crippen molar-refractivity contribution in [2.45, 2.75) is 45.3 Å². The summed E-state index contributed by atoms with van der Waals surface area (Å²) >= 11 is 0. The van der Waals surface area contributed by atoms with E-state index in [-0.39, 0.29) is 0 Å². The zero-order valence-electron chi connectivity index (χ0n) is 11.2. The fourth-order valence-corrected chi connectivity index (χ4v) is 1.96. The van der Waals surface area contributed by atoms with Gasteiger partial charge in [-0.05, 0) is 25.7 Å². The maximum absolute atomic E-state index is 9.72. The van der Waals surface area contributed by atoms with Crippen molar-refractivity contribution in [1.29, 1.82) is 0 Å². The Morgan fingerprint density at radius 3 is 3.00 bits per heavy atom. The predicted octanol–water partition coefficient (Wildman–Crippen LogP) is 1.18. The molecule has 1 fully saturated rings. The molecule has 0 spiro atoms. The van der Waals surface area contributed by atoms with E-state index in [1.807, 2.05) is 0 Å². The molecule has 0 amide bonds. The Bertz CT molecular complexity index is 184. The highest BCUT2D eigenvalue weighted by molar-refractivity contribution is 4.76. The molecule has 0 saturated carbocycles. The number of ether oxygens (including phenoxy) is 2. The van der Waals surface area contributed by atoms with Crippen molar-refractivity contribution >= 4 is 0 Å². The maximum Gasteiger partial charge on any atom is 0.0897 e. The van der Waals surface area contributed by atoms with E-state index < -0.39 is 6.10 Å². The minimum atomic E-state index is -0.406. The van der Waals surface area contributed by atoms with Crippen LogP contribution in [0.5, 0.6) is 0 Å². The van der Waals surface area contributed by atoms with Gasteiger partial charge in [0.15, 0.2) is 0 Å². The summed E-state index contributed by atoms with van der Waals surface area (Å²) in [6, 6.07) is 0.405.